The van der Waals surface area contributed by atoms with Crippen molar-refractivity contribution >= 4 is 52.5 Å². The maximum atomic E-state index is 6.47. The van der Waals surface area contributed by atoms with Gasteiger partial charge in [0, 0.05) is 18.7 Å². The molecule has 0 aliphatic carbocycles. The fourth-order valence-corrected chi connectivity index (χ4v) is 2.70. The molecule has 3 aromatic heterocycles. The van der Waals surface area contributed by atoms with Gasteiger partial charge in [-0.25, -0.2) is 0 Å². The van der Waals surface area contributed by atoms with E-state index in [2.05, 4.69) is 25.6 Å². The van der Waals surface area contributed by atoms with Crippen LogP contribution in [0.4, 0.5) is 5.82 Å². The number of likely N-dealkylation sites (N-methyl/N-ethyl adjacent to an activating group) is 1. The number of H-pyrrole nitrogens is 1. The molecule has 0 aliphatic heterocycles. The van der Waals surface area contributed by atoms with Gasteiger partial charge in [0.25, 0.3) is 0 Å². The average Bonchev–Trinajstić information content (AvgIpc) is 3.11. The molecule has 124 valence electrons. The zero-order valence-corrected chi connectivity index (χ0v) is 14.6. The lowest BCUT2D eigenvalue weighted by molar-refractivity contribution is 0.518. The number of hydrogen-bond acceptors (Lipinski definition) is 5. The number of aromatic amines is 1. The molecule has 3 aromatic rings. The molecule has 0 unspecified atom stereocenters. The molecule has 3 N–H and O–H groups in total. The molecule has 3 heterocycles. The molecule has 0 spiro atoms. The van der Waals surface area contributed by atoms with E-state index in [-0.39, 0.29) is 17.7 Å². The average molecular weight is 377 g/mol. The van der Waals surface area contributed by atoms with E-state index in [0.29, 0.717) is 23.0 Å². The van der Waals surface area contributed by atoms with Gasteiger partial charge in [0.15, 0.2) is 0 Å². The zero-order valence-electron chi connectivity index (χ0n) is 12.3. The number of halogens is 3. The van der Waals surface area contributed by atoms with E-state index in [1.807, 2.05) is 19.2 Å². The van der Waals surface area contributed by atoms with Crippen LogP contribution in [0.1, 0.15) is 11.5 Å². The summed E-state index contributed by atoms with van der Waals surface area (Å²) >= 11 is 12.5. The summed E-state index contributed by atoms with van der Waals surface area (Å²) in [7, 11) is 1.89. The summed E-state index contributed by atoms with van der Waals surface area (Å²) in [6.07, 6.45) is 2.39. The lowest BCUT2D eigenvalue weighted by atomic mass is 10.2. The highest BCUT2D eigenvalue weighted by molar-refractivity contribution is 6.37. The Morgan fingerprint density at radius 3 is 2.83 bits per heavy atom. The molecule has 0 radical (unpaired) electrons. The van der Waals surface area contributed by atoms with E-state index in [4.69, 9.17) is 27.6 Å². The maximum Gasteiger partial charge on any atom is 0.226 e. The highest BCUT2D eigenvalue weighted by atomic mass is 35.5. The predicted octanol–water partition coefficient (Wildman–Crippen LogP) is 3.65. The first-order valence-electron chi connectivity index (χ1n) is 6.83. The van der Waals surface area contributed by atoms with E-state index in [1.165, 1.54) is 0 Å². The van der Waals surface area contributed by atoms with Gasteiger partial charge in [-0.2, -0.15) is 9.97 Å². The molecule has 0 saturated carbocycles. The number of nitrogens with zero attached hydrogens (tertiary/aromatic N) is 2. The first kappa shape index (κ1) is 17.9. The third-order valence-corrected chi connectivity index (χ3v) is 3.86. The number of aromatic nitrogens is 3. The van der Waals surface area contributed by atoms with Crippen molar-refractivity contribution in [2.45, 2.75) is 13.0 Å². The van der Waals surface area contributed by atoms with Gasteiger partial charge >= 0.3 is 0 Å². The Kier molecular flexibility index (Phi) is 6.12. The highest BCUT2D eigenvalue weighted by Crippen LogP contribution is 2.32. The number of nitrogens with one attached hydrogen (secondary N) is 3. The molecule has 0 bridgehead atoms. The van der Waals surface area contributed by atoms with E-state index in [9.17, 15) is 0 Å². The van der Waals surface area contributed by atoms with Crippen LogP contribution in [0.2, 0.25) is 10.3 Å². The van der Waals surface area contributed by atoms with Crippen LogP contribution in [0.5, 0.6) is 0 Å². The molecule has 6 nitrogen and oxygen atoms in total. The first-order valence-corrected chi connectivity index (χ1v) is 7.59. The smallest absolute Gasteiger partial charge is 0.226 e. The quantitative estimate of drug-likeness (QED) is 0.572. The van der Waals surface area contributed by atoms with Crippen molar-refractivity contribution in [3.8, 4) is 0 Å². The summed E-state index contributed by atoms with van der Waals surface area (Å²) in [4.78, 5) is 11.6. The molecular formula is C14H16Cl3N5O. The lowest BCUT2D eigenvalue weighted by Gasteiger charge is -2.05. The third kappa shape index (κ3) is 3.90. The van der Waals surface area contributed by atoms with Crippen molar-refractivity contribution in [3.63, 3.8) is 0 Å². The molecule has 0 aromatic carbocycles. The molecule has 0 saturated heterocycles. The maximum absolute atomic E-state index is 6.47. The summed E-state index contributed by atoms with van der Waals surface area (Å²) in [5.74, 6) is 1.38. The van der Waals surface area contributed by atoms with Crippen LogP contribution >= 0.6 is 35.6 Å². The van der Waals surface area contributed by atoms with Gasteiger partial charge in [-0.1, -0.05) is 11.6 Å². The van der Waals surface area contributed by atoms with Gasteiger partial charge in [-0.15, -0.1) is 12.4 Å². The Bertz CT molecular complexity index is 772. The number of furan rings is 1. The van der Waals surface area contributed by atoms with Gasteiger partial charge in [0.2, 0.25) is 5.28 Å². The van der Waals surface area contributed by atoms with Crippen molar-refractivity contribution in [1.29, 1.82) is 0 Å². The highest BCUT2D eigenvalue weighted by Gasteiger charge is 2.16. The minimum absolute atomic E-state index is 0. The van der Waals surface area contributed by atoms with Gasteiger partial charge in [-0.3, -0.25) is 0 Å². The summed E-state index contributed by atoms with van der Waals surface area (Å²) in [5, 5.41) is 7.79. The van der Waals surface area contributed by atoms with Crippen LogP contribution in [0.25, 0.3) is 11.0 Å². The van der Waals surface area contributed by atoms with Crippen molar-refractivity contribution in [3.05, 3.63) is 40.2 Å². The van der Waals surface area contributed by atoms with Gasteiger partial charge in [-0.05, 0) is 30.8 Å². The summed E-state index contributed by atoms with van der Waals surface area (Å²) in [6, 6.07) is 3.71. The molecule has 3 rings (SSSR count). The van der Waals surface area contributed by atoms with Gasteiger partial charge < -0.3 is 20.0 Å². The Labute approximate surface area is 149 Å². The van der Waals surface area contributed by atoms with Gasteiger partial charge in [0.1, 0.15) is 17.2 Å². The second-order valence-corrected chi connectivity index (χ2v) is 5.48. The van der Waals surface area contributed by atoms with Crippen LogP contribution < -0.4 is 10.6 Å². The second-order valence-electron chi connectivity index (χ2n) is 4.77. The zero-order chi connectivity index (χ0) is 15.5. The SMILES string of the molecule is CNCCc1[nH]c2nc(Cl)nc(NCc3ccco3)c2c1Cl.Cl. The molecule has 0 fully saturated rings. The standard InChI is InChI=1S/C14H15Cl2N5O.ClH/c1-17-5-4-9-11(15)10-12(18-7-8-3-2-6-22-8)20-14(16)21-13(10)19-9;/h2-3,6,17H,4-5,7H2,1H3,(H2,18,19,20,21);1H. The number of rotatable bonds is 6. The Hall–Kier alpha value is -1.47. The summed E-state index contributed by atoms with van der Waals surface area (Å²) in [6.45, 7) is 1.30. The van der Waals surface area contributed by atoms with Crippen molar-refractivity contribution in [1.82, 2.24) is 20.3 Å². The number of hydrogen-bond donors (Lipinski definition) is 3. The van der Waals surface area contributed by atoms with Crippen LogP contribution in [0.15, 0.2) is 22.8 Å². The first-order chi connectivity index (χ1) is 10.7. The normalized spacial score (nSPS) is 10.7. The molecule has 0 amide bonds. The largest absolute Gasteiger partial charge is 0.467 e. The predicted molar refractivity (Wildman–Crippen MR) is 94.8 cm³/mol. The van der Waals surface area contributed by atoms with Crippen molar-refractivity contribution < 1.29 is 4.42 Å². The van der Waals surface area contributed by atoms with Crippen LogP contribution in [0, 0.1) is 0 Å². The Balaban J connectivity index is 0.00000192. The minimum Gasteiger partial charge on any atom is -0.467 e. The van der Waals surface area contributed by atoms with E-state index in [1.54, 1.807) is 6.26 Å². The van der Waals surface area contributed by atoms with Crippen LogP contribution in [-0.4, -0.2) is 28.5 Å². The summed E-state index contributed by atoms with van der Waals surface area (Å²) < 4.78 is 5.30. The van der Waals surface area contributed by atoms with Crippen molar-refractivity contribution in [2.24, 2.45) is 0 Å². The van der Waals surface area contributed by atoms with E-state index in [0.717, 1.165) is 29.8 Å². The fourth-order valence-electron chi connectivity index (χ4n) is 2.21. The molecule has 0 atom stereocenters. The van der Waals surface area contributed by atoms with Crippen LogP contribution in [-0.2, 0) is 13.0 Å². The molecular weight excluding hydrogens is 361 g/mol. The summed E-state index contributed by atoms with van der Waals surface area (Å²) in [5.41, 5.74) is 1.53. The third-order valence-electron chi connectivity index (χ3n) is 3.27. The second kappa shape index (κ2) is 7.88. The number of anilines is 1. The van der Waals surface area contributed by atoms with E-state index >= 15 is 0 Å². The van der Waals surface area contributed by atoms with Gasteiger partial charge in [0.05, 0.1) is 23.2 Å². The molecule has 23 heavy (non-hydrogen) atoms. The van der Waals surface area contributed by atoms with E-state index < -0.39 is 0 Å². The molecule has 9 heteroatoms. The Morgan fingerprint density at radius 1 is 1.30 bits per heavy atom. The minimum atomic E-state index is 0. The lowest BCUT2D eigenvalue weighted by Crippen LogP contribution is -2.10. The van der Waals surface area contributed by atoms with Crippen LogP contribution in [0.3, 0.4) is 0 Å². The fraction of sp³-hybridized carbons (Fsp3) is 0.286. The molecule has 0 aliphatic rings. The number of fused-ring (bicyclic) bond motifs is 1. The monoisotopic (exact) mass is 375 g/mol. The Morgan fingerprint density at radius 2 is 2.13 bits per heavy atom. The van der Waals surface area contributed by atoms with Crippen molar-refractivity contribution in [2.75, 3.05) is 18.9 Å². The topological polar surface area (TPSA) is 78.8 Å².